The van der Waals surface area contributed by atoms with Gasteiger partial charge in [-0.3, -0.25) is 0 Å². The van der Waals surface area contributed by atoms with Crippen molar-refractivity contribution in [3.63, 3.8) is 0 Å². The minimum absolute atomic E-state index is 0.614. The third-order valence-corrected chi connectivity index (χ3v) is 4.17. The van der Waals surface area contributed by atoms with Crippen LogP contribution in [0.25, 0.3) is 10.1 Å². The van der Waals surface area contributed by atoms with Crippen LogP contribution in [0.3, 0.4) is 0 Å². The lowest BCUT2D eigenvalue weighted by Gasteiger charge is -2.02. The van der Waals surface area contributed by atoms with Crippen LogP contribution in [0.5, 0.6) is 0 Å². The van der Waals surface area contributed by atoms with Crippen molar-refractivity contribution in [2.45, 2.75) is 19.8 Å². The zero-order valence-electron chi connectivity index (χ0n) is 7.67. The number of hydrogen-bond donors (Lipinski definition) is 0. The van der Waals surface area contributed by atoms with Crippen LogP contribution in [-0.4, -0.2) is 0 Å². The normalized spacial score (nSPS) is 11.4. The molecule has 0 atom stereocenters. The molecular formula is C11H11BrS. The summed E-state index contributed by atoms with van der Waals surface area (Å²) < 4.78 is 2.58. The van der Waals surface area contributed by atoms with Gasteiger partial charge < -0.3 is 0 Å². The summed E-state index contributed by atoms with van der Waals surface area (Å²) >= 11 is 5.39. The van der Waals surface area contributed by atoms with Crippen molar-refractivity contribution in [2.75, 3.05) is 0 Å². The van der Waals surface area contributed by atoms with Gasteiger partial charge in [0.2, 0.25) is 0 Å². The summed E-state index contributed by atoms with van der Waals surface area (Å²) in [5.74, 6) is 0.614. The molecule has 0 fully saturated rings. The third-order valence-electron chi connectivity index (χ3n) is 2.20. The third kappa shape index (κ3) is 1.53. The van der Waals surface area contributed by atoms with Crippen LogP contribution < -0.4 is 0 Å². The van der Waals surface area contributed by atoms with E-state index in [2.05, 4.69) is 53.4 Å². The molecule has 1 aromatic carbocycles. The molecule has 13 heavy (non-hydrogen) atoms. The fourth-order valence-corrected chi connectivity index (χ4v) is 3.27. The number of fused-ring (bicyclic) bond motifs is 1. The first-order valence-electron chi connectivity index (χ1n) is 4.35. The standard InChI is InChI=1S/C11H11BrS/c1-7(2)9-6-13-11-8(9)4-3-5-10(11)12/h3-7H,1-2H3. The monoisotopic (exact) mass is 254 g/mol. The van der Waals surface area contributed by atoms with Gasteiger partial charge in [0.15, 0.2) is 0 Å². The summed E-state index contributed by atoms with van der Waals surface area (Å²) in [6.07, 6.45) is 0. The second-order valence-electron chi connectivity index (χ2n) is 3.46. The predicted molar refractivity (Wildman–Crippen MR) is 63.6 cm³/mol. The van der Waals surface area contributed by atoms with Gasteiger partial charge >= 0.3 is 0 Å². The predicted octanol–water partition coefficient (Wildman–Crippen LogP) is 4.79. The molecule has 68 valence electrons. The minimum atomic E-state index is 0.614. The molecule has 0 saturated carbocycles. The van der Waals surface area contributed by atoms with Crippen LogP contribution >= 0.6 is 27.3 Å². The molecule has 0 nitrogen and oxygen atoms in total. The second-order valence-corrected chi connectivity index (χ2v) is 5.20. The Morgan fingerprint density at radius 1 is 1.31 bits per heavy atom. The first-order chi connectivity index (χ1) is 6.20. The average Bonchev–Trinajstić information content (AvgIpc) is 2.48. The largest absolute Gasteiger partial charge is 0.142 e. The molecule has 0 bridgehead atoms. The van der Waals surface area contributed by atoms with E-state index in [4.69, 9.17) is 0 Å². The zero-order valence-corrected chi connectivity index (χ0v) is 10.1. The molecule has 0 radical (unpaired) electrons. The van der Waals surface area contributed by atoms with Crippen LogP contribution in [-0.2, 0) is 0 Å². The van der Waals surface area contributed by atoms with Crippen molar-refractivity contribution in [3.05, 3.63) is 33.6 Å². The molecular weight excluding hydrogens is 244 g/mol. The van der Waals surface area contributed by atoms with Crippen molar-refractivity contribution in [1.82, 2.24) is 0 Å². The maximum Gasteiger partial charge on any atom is 0.0487 e. The van der Waals surface area contributed by atoms with Crippen LogP contribution in [0.4, 0.5) is 0 Å². The Balaban J connectivity index is 2.75. The molecule has 0 N–H and O–H groups in total. The maximum atomic E-state index is 3.57. The van der Waals surface area contributed by atoms with Gasteiger partial charge in [-0.25, -0.2) is 0 Å². The van der Waals surface area contributed by atoms with Crippen molar-refractivity contribution in [2.24, 2.45) is 0 Å². The molecule has 0 aliphatic carbocycles. The molecule has 0 spiro atoms. The second kappa shape index (κ2) is 3.43. The molecule has 0 amide bonds. The lowest BCUT2D eigenvalue weighted by molar-refractivity contribution is 0.880. The van der Waals surface area contributed by atoms with E-state index in [0.29, 0.717) is 5.92 Å². The van der Waals surface area contributed by atoms with E-state index in [0.717, 1.165) is 0 Å². The first kappa shape index (κ1) is 9.22. The molecule has 2 heteroatoms. The highest BCUT2D eigenvalue weighted by atomic mass is 79.9. The fraction of sp³-hybridized carbons (Fsp3) is 0.273. The summed E-state index contributed by atoms with van der Waals surface area (Å²) in [5.41, 5.74) is 1.46. The molecule has 1 aromatic heterocycles. The number of hydrogen-bond acceptors (Lipinski definition) is 1. The quantitative estimate of drug-likeness (QED) is 0.687. The maximum absolute atomic E-state index is 3.57. The van der Waals surface area contributed by atoms with E-state index in [1.54, 1.807) is 0 Å². The highest BCUT2D eigenvalue weighted by Crippen LogP contribution is 2.35. The van der Waals surface area contributed by atoms with Gasteiger partial charge in [0.05, 0.1) is 0 Å². The Hall–Kier alpha value is -0.340. The van der Waals surface area contributed by atoms with Crippen LogP contribution in [0.2, 0.25) is 0 Å². The minimum Gasteiger partial charge on any atom is -0.142 e. The molecule has 2 rings (SSSR count). The number of rotatable bonds is 1. The van der Waals surface area contributed by atoms with Crippen LogP contribution in [0.1, 0.15) is 25.3 Å². The SMILES string of the molecule is CC(C)c1csc2c(Br)cccc12. The van der Waals surface area contributed by atoms with Crippen molar-refractivity contribution < 1.29 is 0 Å². The van der Waals surface area contributed by atoms with E-state index in [9.17, 15) is 0 Å². The molecule has 0 unspecified atom stereocenters. The Labute approximate surface area is 90.7 Å². The highest BCUT2D eigenvalue weighted by Gasteiger charge is 2.08. The Kier molecular flexibility index (Phi) is 2.43. The summed E-state index contributed by atoms with van der Waals surface area (Å²) in [4.78, 5) is 0. The van der Waals surface area contributed by atoms with E-state index < -0.39 is 0 Å². The summed E-state index contributed by atoms with van der Waals surface area (Å²) in [6.45, 7) is 4.48. The van der Waals surface area contributed by atoms with Crippen LogP contribution in [0, 0.1) is 0 Å². The van der Waals surface area contributed by atoms with Gasteiger partial charge in [-0.15, -0.1) is 11.3 Å². The summed E-state index contributed by atoms with van der Waals surface area (Å²) in [6, 6.07) is 6.40. The van der Waals surface area contributed by atoms with Crippen molar-refractivity contribution in [3.8, 4) is 0 Å². The van der Waals surface area contributed by atoms with Crippen molar-refractivity contribution in [1.29, 1.82) is 0 Å². The van der Waals surface area contributed by atoms with E-state index in [1.807, 2.05) is 11.3 Å². The fourth-order valence-electron chi connectivity index (χ4n) is 1.49. The zero-order chi connectivity index (χ0) is 9.42. The lowest BCUT2D eigenvalue weighted by atomic mass is 10.0. The highest BCUT2D eigenvalue weighted by molar-refractivity contribution is 9.10. The average molecular weight is 255 g/mol. The smallest absolute Gasteiger partial charge is 0.0487 e. The van der Waals surface area contributed by atoms with Crippen LogP contribution in [0.15, 0.2) is 28.1 Å². The van der Waals surface area contributed by atoms with Gasteiger partial charge in [-0.2, -0.15) is 0 Å². The molecule has 0 saturated heterocycles. The lowest BCUT2D eigenvalue weighted by Crippen LogP contribution is -1.82. The first-order valence-corrected chi connectivity index (χ1v) is 6.03. The molecule has 1 heterocycles. The number of thiophene rings is 1. The molecule has 0 aliphatic heterocycles. The van der Waals surface area contributed by atoms with E-state index in [1.165, 1.54) is 20.1 Å². The van der Waals surface area contributed by atoms with Gasteiger partial charge in [-0.1, -0.05) is 26.0 Å². The number of benzene rings is 1. The van der Waals surface area contributed by atoms with Gasteiger partial charge in [0.25, 0.3) is 0 Å². The Morgan fingerprint density at radius 2 is 2.08 bits per heavy atom. The van der Waals surface area contributed by atoms with E-state index >= 15 is 0 Å². The molecule has 2 aromatic rings. The van der Waals surface area contributed by atoms with E-state index in [-0.39, 0.29) is 0 Å². The number of halogens is 1. The topological polar surface area (TPSA) is 0 Å². The van der Waals surface area contributed by atoms with Crippen molar-refractivity contribution >= 4 is 37.4 Å². The Morgan fingerprint density at radius 3 is 2.77 bits per heavy atom. The van der Waals surface area contributed by atoms with Gasteiger partial charge in [-0.05, 0) is 44.2 Å². The summed E-state index contributed by atoms with van der Waals surface area (Å²) in [7, 11) is 0. The van der Waals surface area contributed by atoms with Gasteiger partial charge in [0.1, 0.15) is 0 Å². The molecule has 0 aliphatic rings. The Bertz CT molecular complexity index is 429. The van der Waals surface area contributed by atoms with Gasteiger partial charge in [0, 0.05) is 9.17 Å². The summed E-state index contributed by atoms with van der Waals surface area (Å²) in [5, 5.41) is 3.66.